The lowest BCUT2D eigenvalue weighted by molar-refractivity contribution is 0.0928. The van der Waals surface area contributed by atoms with Crippen molar-refractivity contribution in [3.8, 4) is 5.75 Å². The van der Waals surface area contributed by atoms with E-state index < -0.39 is 0 Å². The van der Waals surface area contributed by atoms with Crippen LogP contribution >= 0.6 is 0 Å². The quantitative estimate of drug-likeness (QED) is 0.750. The van der Waals surface area contributed by atoms with Crippen molar-refractivity contribution in [3.05, 3.63) is 29.1 Å². The first-order valence-corrected chi connectivity index (χ1v) is 7.26. The highest BCUT2D eigenvalue weighted by Crippen LogP contribution is 2.37. The van der Waals surface area contributed by atoms with Crippen LogP contribution in [0.25, 0.3) is 0 Å². The van der Waals surface area contributed by atoms with Gasteiger partial charge < -0.3 is 4.74 Å². The van der Waals surface area contributed by atoms with E-state index in [1.54, 1.807) is 13.0 Å². The smallest absolute Gasteiger partial charge is 0.163 e. The molecule has 2 rings (SSSR count). The molecule has 2 nitrogen and oxygen atoms in total. The Labute approximate surface area is 120 Å². The second-order valence-electron chi connectivity index (χ2n) is 6.64. The molecule has 0 bridgehead atoms. The van der Waals surface area contributed by atoms with Gasteiger partial charge in [-0.05, 0) is 62.6 Å². The minimum absolute atomic E-state index is 0.131. The van der Waals surface area contributed by atoms with E-state index in [4.69, 9.17) is 4.74 Å². The lowest BCUT2D eigenvalue weighted by Gasteiger charge is -2.34. The summed E-state index contributed by atoms with van der Waals surface area (Å²) in [5.41, 5.74) is 1.24. The number of hydrogen-bond acceptors (Lipinski definition) is 2. The highest BCUT2D eigenvalue weighted by Gasteiger charge is 2.28. The Hall–Kier alpha value is -1.38. The molecule has 0 heterocycles. The molecule has 1 aliphatic carbocycles. The number of hydrogen-bond donors (Lipinski definition) is 0. The average molecular weight is 278 g/mol. The van der Waals surface area contributed by atoms with Crippen LogP contribution in [0.4, 0.5) is 4.39 Å². The van der Waals surface area contributed by atoms with Crippen LogP contribution in [0.1, 0.15) is 62.4 Å². The number of carbonyl (C=O) groups excluding carboxylic acids is 1. The zero-order chi connectivity index (χ0) is 14.9. The molecule has 0 unspecified atom stereocenters. The molecular formula is C17H23FO2. The summed E-state index contributed by atoms with van der Waals surface area (Å²) in [6.45, 7) is 7.68. The van der Waals surface area contributed by atoms with Gasteiger partial charge in [-0.25, -0.2) is 4.39 Å². The van der Waals surface area contributed by atoms with Gasteiger partial charge in [0.25, 0.3) is 0 Å². The summed E-state index contributed by atoms with van der Waals surface area (Å²) >= 11 is 0. The molecular weight excluding hydrogens is 255 g/mol. The molecule has 0 spiro atoms. The lowest BCUT2D eigenvalue weighted by Crippen LogP contribution is -2.28. The third kappa shape index (κ3) is 3.38. The highest BCUT2D eigenvalue weighted by molar-refractivity contribution is 5.96. The minimum atomic E-state index is -0.354. The summed E-state index contributed by atoms with van der Waals surface area (Å²) in [6, 6.07) is 2.94. The molecule has 1 fully saturated rings. The molecule has 0 atom stereocenters. The second-order valence-corrected chi connectivity index (χ2v) is 6.64. The van der Waals surface area contributed by atoms with E-state index in [-0.39, 0.29) is 17.7 Å². The Morgan fingerprint density at radius 3 is 2.45 bits per heavy atom. The number of carbonyl (C=O) groups is 1. The van der Waals surface area contributed by atoms with Crippen LogP contribution in [0.2, 0.25) is 0 Å². The Morgan fingerprint density at radius 1 is 1.30 bits per heavy atom. The van der Waals surface area contributed by atoms with Gasteiger partial charge in [-0.1, -0.05) is 13.8 Å². The van der Waals surface area contributed by atoms with Crippen molar-refractivity contribution in [1.29, 1.82) is 0 Å². The zero-order valence-electron chi connectivity index (χ0n) is 12.8. The molecule has 3 heteroatoms. The predicted octanol–water partition coefficient (Wildman–Crippen LogP) is 4.68. The van der Waals surface area contributed by atoms with Crippen LogP contribution in [0.5, 0.6) is 5.75 Å². The Balaban J connectivity index is 2.17. The van der Waals surface area contributed by atoms with Gasteiger partial charge in [-0.15, -0.1) is 0 Å². The fourth-order valence-corrected chi connectivity index (χ4v) is 2.70. The maximum Gasteiger partial charge on any atom is 0.163 e. The molecule has 0 saturated heterocycles. The standard InChI is InChI=1S/C17H23FO2/c1-11-9-16(14(12(2)19)10-15(11)18)20-13-5-7-17(3,4)8-6-13/h9-10,13H,5-8H2,1-4H3. The Kier molecular flexibility index (Phi) is 4.17. The van der Waals surface area contributed by atoms with E-state index in [0.717, 1.165) is 25.7 Å². The molecule has 1 aromatic carbocycles. The van der Waals surface area contributed by atoms with Crippen molar-refractivity contribution >= 4 is 5.78 Å². The van der Waals surface area contributed by atoms with Gasteiger partial charge in [0, 0.05) is 0 Å². The first-order chi connectivity index (χ1) is 9.28. The molecule has 0 amide bonds. The van der Waals surface area contributed by atoms with Crippen LogP contribution in [-0.2, 0) is 0 Å². The molecule has 20 heavy (non-hydrogen) atoms. The first-order valence-electron chi connectivity index (χ1n) is 7.26. The molecule has 0 aromatic heterocycles. The number of halogens is 1. The Bertz CT molecular complexity index is 510. The van der Waals surface area contributed by atoms with E-state index in [1.165, 1.54) is 13.0 Å². The van der Waals surface area contributed by atoms with Crippen LogP contribution < -0.4 is 4.74 Å². The number of rotatable bonds is 3. The van der Waals surface area contributed by atoms with Gasteiger partial charge in [-0.3, -0.25) is 4.79 Å². The fraction of sp³-hybridized carbons (Fsp3) is 0.588. The van der Waals surface area contributed by atoms with Gasteiger partial charge in [0.15, 0.2) is 5.78 Å². The predicted molar refractivity (Wildman–Crippen MR) is 77.8 cm³/mol. The molecule has 0 N–H and O–H groups in total. The van der Waals surface area contributed by atoms with E-state index in [2.05, 4.69) is 13.8 Å². The van der Waals surface area contributed by atoms with Crippen molar-refractivity contribution in [3.63, 3.8) is 0 Å². The van der Waals surface area contributed by atoms with E-state index in [0.29, 0.717) is 22.3 Å². The minimum Gasteiger partial charge on any atom is -0.490 e. The second kappa shape index (κ2) is 5.55. The first kappa shape index (κ1) is 15.0. The van der Waals surface area contributed by atoms with Crippen LogP contribution in [0.3, 0.4) is 0 Å². The zero-order valence-corrected chi connectivity index (χ0v) is 12.8. The summed E-state index contributed by atoms with van der Waals surface area (Å²) in [7, 11) is 0. The van der Waals surface area contributed by atoms with Gasteiger partial charge >= 0.3 is 0 Å². The largest absolute Gasteiger partial charge is 0.490 e. The third-order valence-electron chi connectivity index (χ3n) is 4.22. The van der Waals surface area contributed by atoms with Crippen molar-refractivity contribution in [2.45, 2.75) is 59.5 Å². The van der Waals surface area contributed by atoms with Crippen LogP contribution in [-0.4, -0.2) is 11.9 Å². The van der Waals surface area contributed by atoms with Gasteiger partial charge in [0.05, 0.1) is 11.7 Å². The molecule has 1 aromatic rings. The lowest BCUT2D eigenvalue weighted by atomic mass is 9.76. The van der Waals surface area contributed by atoms with Gasteiger partial charge in [-0.2, -0.15) is 0 Å². The van der Waals surface area contributed by atoms with E-state index >= 15 is 0 Å². The van der Waals surface area contributed by atoms with Crippen LogP contribution in [0, 0.1) is 18.2 Å². The summed E-state index contributed by atoms with van der Waals surface area (Å²) in [5, 5.41) is 0. The van der Waals surface area contributed by atoms with Gasteiger partial charge in [0.1, 0.15) is 11.6 Å². The molecule has 110 valence electrons. The monoisotopic (exact) mass is 278 g/mol. The SMILES string of the molecule is CC(=O)c1cc(F)c(C)cc1OC1CCC(C)(C)CC1. The molecule has 1 saturated carbocycles. The topological polar surface area (TPSA) is 26.3 Å². The van der Waals surface area contributed by atoms with Crippen molar-refractivity contribution in [2.24, 2.45) is 5.41 Å². The Morgan fingerprint density at radius 2 is 1.90 bits per heavy atom. The van der Waals surface area contributed by atoms with Crippen molar-refractivity contribution in [2.75, 3.05) is 0 Å². The summed E-state index contributed by atoms with van der Waals surface area (Å²) in [6.07, 6.45) is 4.34. The number of aryl methyl sites for hydroxylation is 1. The molecule has 0 radical (unpaired) electrons. The number of benzene rings is 1. The molecule has 1 aliphatic rings. The average Bonchev–Trinajstić information content (AvgIpc) is 2.35. The summed E-state index contributed by atoms with van der Waals surface area (Å²) < 4.78 is 19.6. The van der Waals surface area contributed by atoms with Crippen LogP contribution in [0.15, 0.2) is 12.1 Å². The van der Waals surface area contributed by atoms with Gasteiger partial charge in [0.2, 0.25) is 0 Å². The maximum atomic E-state index is 13.6. The summed E-state index contributed by atoms with van der Waals surface area (Å²) in [5.74, 6) is 0.0171. The number of ether oxygens (including phenoxy) is 1. The number of ketones is 1. The highest BCUT2D eigenvalue weighted by atomic mass is 19.1. The normalized spacial score (nSPS) is 18.9. The summed E-state index contributed by atoms with van der Waals surface area (Å²) in [4.78, 5) is 11.6. The molecule has 0 aliphatic heterocycles. The van der Waals surface area contributed by atoms with E-state index in [9.17, 15) is 9.18 Å². The van der Waals surface area contributed by atoms with E-state index in [1.807, 2.05) is 0 Å². The third-order valence-corrected chi connectivity index (χ3v) is 4.22. The van der Waals surface area contributed by atoms with Crippen molar-refractivity contribution in [1.82, 2.24) is 0 Å². The fourth-order valence-electron chi connectivity index (χ4n) is 2.70. The number of Topliss-reactive ketones (excluding diaryl/α,β-unsaturated/α-hetero) is 1. The maximum absolute atomic E-state index is 13.6. The van der Waals surface area contributed by atoms with Crippen molar-refractivity contribution < 1.29 is 13.9 Å².